The maximum Gasteiger partial charge on any atom is 0.303 e. The number of carboxylic acid groups (broad SMARTS) is 1. The van der Waals surface area contributed by atoms with Gasteiger partial charge in [-0.15, -0.1) is 0 Å². The van der Waals surface area contributed by atoms with E-state index in [1.165, 1.54) is 0 Å². The molecule has 1 rings (SSSR count). The highest BCUT2D eigenvalue weighted by Crippen LogP contribution is 2.05. The van der Waals surface area contributed by atoms with Gasteiger partial charge in [-0.2, -0.15) is 0 Å². The molecule has 0 aliphatic carbocycles. The Morgan fingerprint density at radius 3 is 2.69 bits per heavy atom. The molecule has 5 heteroatoms. The standard InChI is InChI=1S/C11H15NO4/c1-8-2-3-9(16-8)6-7-12-10(13)4-5-11(14)15/h2-3H,4-7H2,1H3,(H,12,13)(H,14,15). The van der Waals surface area contributed by atoms with Gasteiger partial charge in [-0.05, 0) is 19.1 Å². The average molecular weight is 225 g/mol. The molecule has 1 amide bonds. The fourth-order valence-electron chi connectivity index (χ4n) is 1.25. The van der Waals surface area contributed by atoms with Crippen molar-refractivity contribution in [1.82, 2.24) is 5.32 Å². The van der Waals surface area contributed by atoms with Crippen molar-refractivity contribution >= 4 is 11.9 Å². The molecule has 1 aromatic heterocycles. The quantitative estimate of drug-likeness (QED) is 0.760. The zero-order valence-electron chi connectivity index (χ0n) is 9.16. The molecule has 88 valence electrons. The Balaban J connectivity index is 2.15. The normalized spacial score (nSPS) is 10.1. The number of hydrogen-bond acceptors (Lipinski definition) is 3. The van der Waals surface area contributed by atoms with Gasteiger partial charge in [0.05, 0.1) is 6.42 Å². The molecule has 1 heterocycles. The summed E-state index contributed by atoms with van der Waals surface area (Å²) < 4.78 is 5.32. The Labute approximate surface area is 93.4 Å². The molecule has 0 aliphatic heterocycles. The number of carbonyl (C=O) groups is 2. The molecule has 0 atom stereocenters. The van der Waals surface area contributed by atoms with Gasteiger partial charge in [0, 0.05) is 19.4 Å². The molecule has 0 aliphatic rings. The number of carbonyl (C=O) groups excluding carboxylic acids is 1. The van der Waals surface area contributed by atoms with Gasteiger partial charge < -0.3 is 14.8 Å². The molecule has 2 N–H and O–H groups in total. The number of amides is 1. The van der Waals surface area contributed by atoms with Crippen molar-refractivity contribution in [3.8, 4) is 0 Å². The van der Waals surface area contributed by atoms with E-state index in [4.69, 9.17) is 9.52 Å². The maximum atomic E-state index is 11.1. The SMILES string of the molecule is Cc1ccc(CCNC(=O)CCC(=O)O)o1. The summed E-state index contributed by atoms with van der Waals surface area (Å²) in [6, 6.07) is 3.72. The molecular formula is C11H15NO4. The molecule has 0 saturated carbocycles. The van der Waals surface area contributed by atoms with Gasteiger partial charge in [-0.3, -0.25) is 9.59 Å². The van der Waals surface area contributed by atoms with Crippen molar-refractivity contribution in [3.63, 3.8) is 0 Å². The minimum atomic E-state index is -0.961. The summed E-state index contributed by atoms with van der Waals surface area (Å²) in [5.41, 5.74) is 0. The van der Waals surface area contributed by atoms with Crippen LogP contribution in [0.4, 0.5) is 0 Å². The van der Waals surface area contributed by atoms with Crippen LogP contribution in [0.25, 0.3) is 0 Å². The molecule has 0 spiro atoms. The molecule has 0 unspecified atom stereocenters. The lowest BCUT2D eigenvalue weighted by molar-refractivity contribution is -0.138. The molecule has 16 heavy (non-hydrogen) atoms. The summed E-state index contributed by atoms with van der Waals surface area (Å²) in [5, 5.41) is 11.0. The first-order valence-corrected chi connectivity index (χ1v) is 5.12. The topological polar surface area (TPSA) is 79.5 Å². The second kappa shape index (κ2) is 5.95. The van der Waals surface area contributed by atoms with Crippen LogP contribution in [-0.4, -0.2) is 23.5 Å². The number of aliphatic carboxylic acids is 1. The number of nitrogens with one attached hydrogen (secondary N) is 1. The van der Waals surface area contributed by atoms with E-state index in [0.717, 1.165) is 11.5 Å². The van der Waals surface area contributed by atoms with Gasteiger partial charge in [0.2, 0.25) is 5.91 Å². The van der Waals surface area contributed by atoms with Crippen LogP contribution in [-0.2, 0) is 16.0 Å². The van der Waals surface area contributed by atoms with Crippen LogP contribution in [0.1, 0.15) is 24.4 Å². The number of aryl methyl sites for hydroxylation is 1. The molecule has 0 saturated heterocycles. The number of hydrogen-bond donors (Lipinski definition) is 2. The van der Waals surface area contributed by atoms with Crippen molar-refractivity contribution in [2.24, 2.45) is 0 Å². The van der Waals surface area contributed by atoms with Gasteiger partial charge in [0.1, 0.15) is 11.5 Å². The third-order valence-corrected chi connectivity index (χ3v) is 2.06. The van der Waals surface area contributed by atoms with Crippen molar-refractivity contribution in [1.29, 1.82) is 0 Å². The summed E-state index contributed by atoms with van der Waals surface area (Å²) in [5.74, 6) is 0.450. The lowest BCUT2D eigenvalue weighted by atomic mass is 10.3. The van der Waals surface area contributed by atoms with E-state index in [-0.39, 0.29) is 18.7 Å². The molecular weight excluding hydrogens is 210 g/mol. The molecule has 0 aromatic carbocycles. The summed E-state index contributed by atoms with van der Waals surface area (Å²) in [4.78, 5) is 21.3. The van der Waals surface area contributed by atoms with Crippen molar-refractivity contribution in [3.05, 3.63) is 23.7 Å². The van der Waals surface area contributed by atoms with Crippen molar-refractivity contribution in [2.75, 3.05) is 6.54 Å². The molecule has 0 bridgehead atoms. The summed E-state index contributed by atoms with van der Waals surface area (Å²) >= 11 is 0. The number of rotatable bonds is 6. The van der Waals surface area contributed by atoms with Crippen molar-refractivity contribution < 1.29 is 19.1 Å². The summed E-state index contributed by atoms with van der Waals surface area (Å²) in [7, 11) is 0. The zero-order valence-corrected chi connectivity index (χ0v) is 9.16. The third-order valence-electron chi connectivity index (χ3n) is 2.06. The van der Waals surface area contributed by atoms with Crippen molar-refractivity contribution in [2.45, 2.75) is 26.2 Å². The summed E-state index contributed by atoms with van der Waals surface area (Å²) in [6.07, 6.45) is 0.505. The van der Waals surface area contributed by atoms with E-state index in [0.29, 0.717) is 13.0 Å². The van der Waals surface area contributed by atoms with Gasteiger partial charge in [0.25, 0.3) is 0 Å². The predicted molar refractivity (Wildman–Crippen MR) is 57.0 cm³/mol. The first kappa shape index (κ1) is 12.3. The third kappa shape index (κ3) is 4.63. The smallest absolute Gasteiger partial charge is 0.303 e. The zero-order chi connectivity index (χ0) is 12.0. The van der Waals surface area contributed by atoms with E-state index in [1.54, 1.807) is 0 Å². The number of carboxylic acids is 1. The van der Waals surface area contributed by atoms with E-state index in [1.807, 2.05) is 19.1 Å². The average Bonchev–Trinajstić information content (AvgIpc) is 2.61. The van der Waals surface area contributed by atoms with Crippen LogP contribution in [0.3, 0.4) is 0 Å². The lowest BCUT2D eigenvalue weighted by Crippen LogP contribution is -2.25. The highest BCUT2D eigenvalue weighted by Gasteiger charge is 2.05. The number of furan rings is 1. The maximum absolute atomic E-state index is 11.1. The Bertz CT molecular complexity index is 370. The highest BCUT2D eigenvalue weighted by molar-refractivity contribution is 5.80. The predicted octanol–water partition coefficient (Wildman–Crippen LogP) is 1.11. The van der Waals surface area contributed by atoms with E-state index >= 15 is 0 Å². The van der Waals surface area contributed by atoms with Crippen LogP contribution in [0.2, 0.25) is 0 Å². The molecule has 1 aromatic rings. The van der Waals surface area contributed by atoms with E-state index in [2.05, 4.69) is 5.32 Å². The minimum Gasteiger partial charge on any atom is -0.481 e. The minimum absolute atomic E-state index is 0.0204. The molecule has 0 fully saturated rings. The molecule has 5 nitrogen and oxygen atoms in total. The first-order chi connectivity index (χ1) is 7.58. The Morgan fingerprint density at radius 2 is 2.12 bits per heavy atom. The highest BCUT2D eigenvalue weighted by atomic mass is 16.4. The molecule has 0 radical (unpaired) electrons. The van der Waals surface area contributed by atoms with Gasteiger partial charge in [0.15, 0.2) is 0 Å². The lowest BCUT2D eigenvalue weighted by Gasteiger charge is -2.02. The van der Waals surface area contributed by atoms with E-state index < -0.39 is 5.97 Å². The fourth-order valence-corrected chi connectivity index (χ4v) is 1.25. The van der Waals surface area contributed by atoms with Crippen LogP contribution < -0.4 is 5.32 Å². The van der Waals surface area contributed by atoms with Gasteiger partial charge in [-0.1, -0.05) is 0 Å². The first-order valence-electron chi connectivity index (χ1n) is 5.12. The van der Waals surface area contributed by atoms with Crippen LogP contribution in [0, 0.1) is 6.92 Å². The summed E-state index contributed by atoms with van der Waals surface area (Å²) in [6.45, 7) is 2.32. The monoisotopic (exact) mass is 225 g/mol. The second-order valence-electron chi connectivity index (χ2n) is 3.51. The Kier molecular flexibility index (Phi) is 4.57. The Hall–Kier alpha value is -1.78. The van der Waals surface area contributed by atoms with E-state index in [9.17, 15) is 9.59 Å². The van der Waals surface area contributed by atoms with Crippen LogP contribution >= 0.6 is 0 Å². The van der Waals surface area contributed by atoms with Gasteiger partial charge >= 0.3 is 5.97 Å². The fraction of sp³-hybridized carbons (Fsp3) is 0.455. The van der Waals surface area contributed by atoms with Crippen LogP contribution in [0.5, 0.6) is 0 Å². The second-order valence-corrected chi connectivity index (χ2v) is 3.51. The van der Waals surface area contributed by atoms with Gasteiger partial charge in [-0.25, -0.2) is 0 Å². The largest absolute Gasteiger partial charge is 0.481 e. The van der Waals surface area contributed by atoms with Crippen LogP contribution in [0.15, 0.2) is 16.5 Å². The Morgan fingerprint density at radius 1 is 1.38 bits per heavy atom.